The van der Waals surface area contributed by atoms with Crippen LogP contribution in [0.1, 0.15) is 27.2 Å². The Morgan fingerprint density at radius 3 is 2.70 bits per heavy atom. The molecule has 0 aliphatic heterocycles. The van der Waals surface area contributed by atoms with E-state index in [1.54, 1.807) is 24.4 Å². The molecule has 0 aliphatic carbocycles. The maximum absolute atomic E-state index is 12.5. The molecule has 2 heterocycles. The average molecular weight is 316 g/mol. The number of imidazole rings is 1. The molecule has 1 unspecified atom stereocenters. The molecule has 5 nitrogen and oxygen atoms in total. The van der Waals surface area contributed by atoms with E-state index in [1.807, 2.05) is 20.8 Å². The van der Waals surface area contributed by atoms with E-state index in [0.717, 1.165) is 6.42 Å². The summed E-state index contributed by atoms with van der Waals surface area (Å²) < 4.78 is 29.1. The number of fused-ring (bicyclic) bond motifs is 1. The Labute approximate surface area is 124 Å². The second kappa shape index (κ2) is 5.71. The molecule has 0 radical (unpaired) electrons. The van der Waals surface area contributed by atoms with Gasteiger partial charge in [-0.05, 0) is 31.4 Å². The Morgan fingerprint density at radius 1 is 1.35 bits per heavy atom. The number of nitrogens with zero attached hydrogens (tertiary/aromatic N) is 2. The first-order chi connectivity index (χ1) is 9.31. The van der Waals surface area contributed by atoms with E-state index in [4.69, 9.17) is 11.6 Å². The van der Waals surface area contributed by atoms with Gasteiger partial charge in [0.05, 0.1) is 0 Å². The zero-order chi connectivity index (χ0) is 14.9. The van der Waals surface area contributed by atoms with Crippen molar-refractivity contribution in [3.63, 3.8) is 0 Å². The molecule has 1 N–H and O–H groups in total. The van der Waals surface area contributed by atoms with E-state index in [2.05, 4.69) is 9.71 Å². The highest BCUT2D eigenvalue weighted by atomic mass is 35.5. The number of hydrogen-bond donors (Lipinski definition) is 1. The Kier molecular flexibility index (Phi) is 4.36. The first-order valence-electron chi connectivity index (χ1n) is 6.46. The number of pyridine rings is 1. The number of sulfonamides is 1. The molecule has 110 valence electrons. The summed E-state index contributed by atoms with van der Waals surface area (Å²) in [6.45, 7) is 5.94. The van der Waals surface area contributed by atoms with E-state index < -0.39 is 10.0 Å². The molecule has 0 aliphatic rings. The van der Waals surface area contributed by atoms with Gasteiger partial charge in [-0.1, -0.05) is 31.5 Å². The fourth-order valence-corrected chi connectivity index (χ4v) is 4.16. The average Bonchev–Trinajstić information content (AvgIpc) is 2.62. The van der Waals surface area contributed by atoms with Crippen LogP contribution in [0.3, 0.4) is 0 Å². The van der Waals surface area contributed by atoms with Crippen molar-refractivity contribution in [1.82, 2.24) is 14.1 Å². The van der Waals surface area contributed by atoms with E-state index >= 15 is 0 Å². The van der Waals surface area contributed by atoms with E-state index in [1.165, 1.54) is 4.40 Å². The Hall–Kier alpha value is -1.11. The van der Waals surface area contributed by atoms with Gasteiger partial charge in [0.2, 0.25) is 0 Å². The van der Waals surface area contributed by atoms with Crippen LogP contribution in [0.15, 0.2) is 29.4 Å². The monoisotopic (exact) mass is 315 g/mol. The molecule has 0 spiro atoms. The highest BCUT2D eigenvalue weighted by molar-refractivity contribution is 7.89. The summed E-state index contributed by atoms with van der Waals surface area (Å²) in [5.41, 5.74) is 0.509. The highest BCUT2D eigenvalue weighted by Gasteiger charge is 2.26. The SMILES string of the molecule is CC(C)CC(C)NS(=O)(=O)c1c(Cl)nc2ccccn12. The molecule has 2 rings (SSSR count). The molecular weight excluding hydrogens is 298 g/mol. The molecule has 1 atom stereocenters. The van der Waals surface area contributed by atoms with Crippen LogP contribution in [-0.2, 0) is 10.0 Å². The standard InChI is InChI=1S/C13H18ClN3O2S/c1-9(2)8-10(3)16-20(18,19)13-12(14)15-11-6-4-5-7-17(11)13/h4-7,9-10,16H,8H2,1-3H3. The Morgan fingerprint density at radius 2 is 2.05 bits per heavy atom. The first-order valence-corrected chi connectivity index (χ1v) is 8.32. The van der Waals surface area contributed by atoms with Crippen molar-refractivity contribution in [3.8, 4) is 0 Å². The normalized spacial score (nSPS) is 14.1. The lowest BCUT2D eigenvalue weighted by atomic mass is 10.1. The third kappa shape index (κ3) is 3.13. The van der Waals surface area contributed by atoms with Crippen molar-refractivity contribution in [2.24, 2.45) is 5.92 Å². The van der Waals surface area contributed by atoms with Gasteiger partial charge in [-0.25, -0.2) is 18.1 Å². The van der Waals surface area contributed by atoms with Gasteiger partial charge in [-0.2, -0.15) is 0 Å². The highest BCUT2D eigenvalue weighted by Crippen LogP contribution is 2.23. The summed E-state index contributed by atoms with van der Waals surface area (Å²) in [7, 11) is -3.70. The molecule has 0 fully saturated rings. The third-order valence-corrected chi connectivity index (χ3v) is 4.87. The third-order valence-electron chi connectivity index (χ3n) is 2.88. The number of rotatable bonds is 5. The lowest BCUT2D eigenvalue weighted by Gasteiger charge is -2.16. The van der Waals surface area contributed by atoms with Crippen LogP contribution in [0.2, 0.25) is 5.15 Å². The van der Waals surface area contributed by atoms with Gasteiger partial charge >= 0.3 is 0 Å². The van der Waals surface area contributed by atoms with Crippen LogP contribution in [0.25, 0.3) is 5.65 Å². The van der Waals surface area contributed by atoms with E-state index in [0.29, 0.717) is 11.6 Å². The fraction of sp³-hybridized carbons (Fsp3) is 0.462. The molecule has 0 saturated carbocycles. The van der Waals surface area contributed by atoms with Crippen LogP contribution in [0.5, 0.6) is 0 Å². The Balaban J connectivity index is 2.39. The summed E-state index contributed by atoms with van der Waals surface area (Å²) in [5, 5.41) is -0.0224. The second-order valence-corrected chi connectivity index (χ2v) is 7.28. The molecule has 20 heavy (non-hydrogen) atoms. The minimum Gasteiger partial charge on any atom is -0.288 e. The molecule has 7 heteroatoms. The van der Waals surface area contributed by atoms with Gasteiger partial charge in [0.15, 0.2) is 10.2 Å². The molecule has 2 aromatic rings. The van der Waals surface area contributed by atoms with Crippen LogP contribution in [0.4, 0.5) is 0 Å². The predicted molar refractivity (Wildman–Crippen MR) is 79.4 cm³/mol. The van der Waals surface area contributed by atoms with Crippen molar-refractivity contribution in [2.45, 2.75) is 38.3 Å². The number of aromatic nitrogens is 2. The summed E-state index contributed by atoms with van der Waals surface area (Å²) >= 11 is 5.99. The largest absolute Gasteiger partial charge is 0.288 e. The van der Waals surface area contributed by atoms with Crippen molar-refractivity contribution in [2.75, 3.05) is 0 Å². The summed E-state index contributed by atoms with van der Waals surface area (Å²) in [6, 6.07) is 5.07. The van der Waals surface area contributed by atoms with Gasteiger partial charge < -0.3 is 0 Å². The molecule has 0 saturated heterocycles. The molecule has 0 amide bonds. The van der Waals surface area contributed by atoms with Gasteiger partial charge in [0.1, 0.15) is 5.65 Å². The fourth-order valence-electron chi connectivity index (χ4n) is 2.26. The topological polar surface area (TPSA) is 63.5 Å². The summed E-state index contributed by atoms with van der Waals surface area (Å²) in [4.78, 5) is 4.06. The zero-order valence-corrected chi connectivity index (χ0v) is 13.2. The van der Waals surface area contributed by atoms with Crippen molar-refractivity contribution in [1.29, 1.82) is 0 Å². The van der Waals surface area contributed by atoms with Gasteiger partial charge in [0.25, 0.3) is 10.0 Å². The number of nitrogens with one attached hydrogen (secondary N) is 1. The van der Waals surface area contributed by atoms with Crippen molar-refractivity contribution < 1.29 is 8.42 Å². The zero-order valence-electron chi connectivity index (χ0n) is 11.7. The second-order valence-electron chi connectivity index (χ2n) is 5.29. The predicted octanol–water partition coefficient (Wildman–Crippen LogP) is 2.70. The maximum Gasteiger partial charge on any atom is 0.260 e. The minimum absolute atomic E-state index is 0.00891. The van der Waals surface area contributed by atoms with Crippen LogP contribution >= 0.6 is 11.6 Å². The van der Waals surface area contributed by atoms with Crippen LogP contribution in [-0.4, -0.2) is 23.8 Å². The Bertz CT molecular complexity index is 709. The van der Waals surface area contributed by atoms with E-state index in [9.17, 15) is 8.42 Å². The summed E-state index contributed by atoms with van der Waals surface area (Å²) in [6.07, 6.45) is 2.39. The molecule has 2 aromatic heterocycles. The van der Waals surface area contributed by atoms with Crippen molar-refractivity contribution >= 4 is 27.3 Å². The quantitative estimate of drug-likeness (QED) is 0.922. The molecule has 0 bridgehead atoms. The van der Waals surface area contributed by atoms with Gasteiger partial charge in [-0.3, -0.25) is 4.40 Å². The molecular formula is C13H18ClN3O2S. The first kappa shape index (κ1) is 15.3. The van der Waals surface area contributed by atoms with Gasteiger partial charge in [0, 0.05) is 12.2 Å². The number of hydrogen-bond acceptors (Lipinski definition) is 3. The smallest absolute Gasteiger partial charge is 0.260 e. The maximum atomic E-state index is 12.5. The van der Waals surface area contributed by atoms with Gasteiger partial charge in [-0.15, -0.1) is 0 Å². The summed E-state index contributed by atoms with van der Waals surface area (Å²) in [5.74, 6) is 0.408. The van der Waals surface area contributed by atoms with E-state index in [-0.39, 0.29) is 16.2 Å². The lowest BCUT2D eigenvalue weighted by molar-refractivity contribution is 0.481. The number of halogens is 1. The lowest BCUT2D eigenvalue weighted by Crippen LogP contribution is -2.34. The van der Waals surface area contributed by atoms with Crippen LogP contribution in [0, 0.1) is 5.92 Å². The molecule has 0 aromatic carbocycles. The minimum atomic E-state index is -3.70. The van der Waals surface area contributed by atoms with Crippen LogP contribution < -0.4 is 4.72 Å². The van der Waals surface area contributed by atoms with Crippen molar-refractivity contribution in [3.05, 3.63) is 29.5 Å².